The van der Waals surface area contributed by atoms with Crippen LogP contribution in [-0.4, -0.2) is 12.6 Å². The van der Waals surface area contributed by atoms with E-state index < -0.39 is 0 Å². The number of nitrogens with two attached hydrogens (primary N) is 1. The van der Waals surface area contributed by atoms with Gasteiger partial charge >= 0.3 is 0 Å². The van der Waals surface area contributed by atoms with Crippen LogP contribution in [0.2, 0.25) is 0 Å². The molecule has 2 heteroatoms. The maximum atomic E-state index is 6.02. The molecule has 0 bridgehead atoms. The third-order valence-corrected chi connectivity index (χ3v) is 4.22. The first-order valence-electron chi connectivity index (χ1n) is 6.80. The highest BCUT2D eigenvalue weighted by molar-refractivity contribution is 5.35. The molecule has 2 nitrogen and oxygen atoms in total. The van der Waals surface area contributed by atoms with Gasteiger partial charge in [-0.05, 0) is 43.4 Å². The zero-order valence-electron chi connectivity index (χ0n) is 10.3. The molecular formula is C15H21NO. The largest absolute Gasteiger partial charge is 0.490 e. The van der Waals surface area contributed by atoms with Gasteiger partial charge in [-0.25, -0.2) is 0 Å². The Kier molecular flexibility index (Phi) is 2.83. The maximum absolute atomic E-state index is 6.02. The fourth-order valence-corrected chi connectivity index (χ4v) is 2.94. The molecular weight excluding hydrogens is 210 g/mol. The molecule has 0 spiro atoms. The van der Waals surface area contributed by atoms with Gasteiger partial charge < -0.3 is 10.5 Å². The monoisotopic (exact) mass is 231 g/mol. The smallest absolute Gasteiger partial charge is 0.120 e. The summed E-state index contributed by atoms with van der Waals surface area (Å²) in [5, 5.41) is 0. The van der Waals surface area contributed by atoms with E-state index in [0.29, 0.717) is 6.10 Å². The quantitative estimate of drug-likeness (QED) is 0.864. The van der Waals surface area contributed by atoms with Crippen LogP contribution >= 0.6 is 0 Å². The third kappa shape index (κ3) is 2.19. The Labute approximate surface area is 103 Å². The minimum atomic E-state index is 0.225. The average Bonchev–Trinajstić information content (AvgIpc) is 3.04. The molecule has 2 aliphatic carbocycles. The molecule has 0 unspecified atom stereocenters. The van der Waals surface area contributed by atoms with E-state index in [4.69, 9.17) is 10.5 Å². The molecule has 2 saturated carbocycles. The van der Waals surface area contributed by atoms with Gasteiger partial charge in [-0.2, -0.15) is 0 Å². The Morgan fingerprint density at radius 3 is 2.65 bits per heavy atom. The van der Waals surface area contributed by atoms with Crippen molar-refractivity contribution in [3.8, 4) is 5.75 Å². The molecule has 2 N–H and O–H groups in total. The molecule has 0 radical (unpaired) electrons. The standard InChI is InChI=1S/C15H21NO/c16-11-15(8-1-2-9-15)12-4-3-5-14(10-12)17-13-6-7-13/h3-5,10,13H,1-2,6-9,11,16H2. The van der Waals surface area contributed by atoms with E-state index in [1.807, 2.05) is 0 Å². The second-order valence-electron chi connectivity index (χ2n) is 5.54. The van der Waals surface area contributed by atoms with Gasteiger partial charge in [0, 0.05) is 12.0 Å². The van der Waals surface area contributed by atoms with E-state index >= 15 is 0 Å². The number of hydrogen-bond donors (Lipinski definition) is 1. The minimum absolute atomic E-state index is 0.225. The summed E-state index contributed by atoms with van der Waals surface area (Å²) in [6.45, 7) is 0.764. The van der Waals surface area contributed by atoms with Gasteiger partial charge in [0.1, 0.15) is 5.75 Å². The van der Waals surface area contributed by atoms with Gasteiger partial charge in [-0.15, -0.1) is 0 Å². The summed E-state index contributed by atoms with van der Waals surface area (Å²) in [4.78, 5) is 0. The predicted octanol–water partition coefficient (Wildman–Crippen LogP) is 3.00. The Hall–Kier alpha value is -1.02. The van der Waals surface area contributed by atoms with Crippen LogP contribution in [0, 0.1) is 0 Å². The van der Waals surface area contributed by atoms with Crippen molar-refractivity contribution < 1.29 is 4.74 Å². The SMILES string of the molecule is NCC1(c2cccc(OC3CC3)c2)CCCC1. The molecule has 0 aromatic heterocycles. The number of rotatable bonds is 4. The fourth-order valence-electron chi connectivity index (χ4n) is 2.94. The zero-order chi connectivity index (χ0) is 11.7. The van der Waals surface area contributed by atoms with Crippen molar-refractivity contribution in [3.63, 3.8) is 0 Å². The highest BCUT2D eigenvalue weighted by Crippen LogP contribution is 2.41. The number of hydrogen-bond acceptors (Lipinski definition) is 2. The van der Waals surface area contributed by atoms with Crippen LogP contribution in [0.5, 0.6) is 5.75 Å². The molecule has 0 aliphatic heterocycles. The highest BCUT2D eigenvalue weighted by Gasteiger charge is 2.34. The van der Waals surface area contributed by atoms with Crippen molar-refractivity contribution >= 4 is 0 Å². The van der Waals surface area contributed by atoms with Crippen molar-refractivity contribution in [3.05, 3.63) is 29.8 Å². The van der Waals surface area contributed by atoms with Gasteiger partial charge in [0.2, 0.25) is 0 Å². The first kappa shape index (κ1) is 11.1. The lowest BCUT2D eigenvalue weighted by molar-refractivity contribution is 0.302. The van der Waals surface area contributed by atoms with Crippen molar-refractivity contribution in [2.24, 2.45) is 5.73 Å². The molecule has 0 amide bonds. The molecule has 1 aromatic carbocycles. The predicted molar refractivity (Wildman–Crippen MR) is 69.3 cm³/mol. The summed E-state index contributed by atoms with van der Waals surface area (Å²) in [5.74, 6) is 1.03. The second-order valence-corrected chi connectivity index (χ2v) is 5.54. The maximum Gasteiger partial charge on any atom is 0.120 e. The average molecular weight is 231 g/mol. The lowest BCUT2D eigenvalue weighted by Gasteiger charge is -2.28. The molecule has 0 heterocycles. The molecule has 3 rings (SSSR count). The molecule has 1 aromatic rings. The summed E-state index contributed by atoms with van der Waals surface area (Å²) in [6.07, 6.45) is 7.99. The van der Waals surface area contributed by atoms with Gasteiger partial charge in [0.15, 0.2) is 0 Å². The van der Waals surface area contributed by atoms with Crippen molar-refractivity contribution in [2.45, 2.75) is 50.0 Å². The lowest BCUT2D eigenvalue weighted by atomic mass is 9.79. The van der Waals surface area contributed by atoms with Gasteiger partial charge in [0.05, 0.1) is 6.10 Å². The van der Waals surface area contributed by atoms with Crippen molar-refractivity contribution in [1.82, 2.24) is 0 Å². The van der Waals surface area contributed by atoms with Crippen LogP contribution in [0.25, 0.3) is 0 Å². The van der Waals surface area contributed by atoms with Gasteiger partial charge in [-0.3, -0.25) is 0 Å². The summed E-state index contributed by atoms with van der Waals surface area (Å²) < 4.78 is 5.87. The van der Waals surface area contributed by atoms with Crippen molar-refractivity contribution in [1.29, 1.82) is 0 Å². The first-order valence-corrected chi connectivity index (χ1v) is 6.80. The molecule has 0 saturated heterocycles. The molecule has 92 valence electrons. The fraction of sp³-hybridized carbons (Fsp3) is 0.600. The van der Waals surface area contributed by atoms with Gasteiger partial charge in [-0.1, -0.05) is 25.0 Å². The summed E-state index contributed by atoms with van der Waals surface area (Å²) >= 11 is 0. The Balaban J connectivity index is 1.85. The van der Waals surface area contributed by atoms with E-state index in [-0.39, 0.29) is 5.41 Å². The molecule has 2 aliphatic rings. The van der Waals surface area contributed by atoms with E-state index in [2.05, 4.69) is 24.3 Å². The normalized spacial score (nSPS) is 22.6. The number of benzene rings is 1. The summed E-state index contributed by atoms with van der Waals surface area (Å²) in [5.41, 5.74) is 7.63. The first-order chi connectivity index (χ1) is 8.32. The van der Waals surface area contributed by atoms with Crippen LogP contribution in [0.3, 0.4) is 0 Å². The topological polar surface area (TPSA) is 35.2 Å². The van der Waals surface area contributed by atoms with Crippen molar-refractivity contribution in [2.75, 3.05) is 6.54 Å². The van der Waals surface area contributed by atoms with E-state index in [1.54, 1.807) is 0 Å². The third-order valence-electron chi connectivity index (χ3n) is 4.22. The minimum Gasteiger partial charge on any atom is -0.490 e. The Morgan fingerprint density at radius 1 is 1.24 bits per heavy atom. The zero-order valence-corrected chi connectivity index (χ0v) is 10.3. The summed E-state index contributed by atoms with van der Waals surface area (Å²) in [7, 11) is 0. The Morgan fingerprint density at radius 2 is 2.00 bits per heavy atom. The van der Waals surface area contributed by atoms with Crippen LogP contribution in [0.15, 0.2) is 24.3 Å². The second kappa shape index (κ2) is 4.34. The summed E-state index contributed by atoms with van der Waals surface area (Å²) in [6, 6.07) is 8.62. The number of ether oxygens (including phenoxy) is 1. The van der Waals surface area contributed by atoms with E-state index in [9.17, 15) is 0 Å². The van der Waals surface area contributed by atoms with Gasteiger partial charge in [0.25, 0.3) is 0 Å². The highest BCUT2D eigenvalue weighted by atomic mass is 16.5. The Bertz CT molecular complexity index is 392. The molecule has 0 atom stereocenters. The molecule has 2 fully saturated rings. The van der Waals surface area contributed by atoms with Crippen LogP contribution in [0.4, 0.5) is 0 Å². The van der Waals surface area contributed by atoms with E-state index in [0.717, 1.165) is 12.3 Å². The lowest BCUT2D eigenvalue weighted by Crippen LogP contribution is -2.31. The van der Waals surface area contributed by atoms with Crippen LogP contribution in [0.1, 0.15) is 44.1 Å². The molecule has 17 heavy (non-hydrogen) atoms. The van der Waals surface area contributed by atoms with Crippen LogP contribution < -0.4 is 10.5 Å². The van der Waals surface area contributed by atoms with E-state index in [1.165, 1.54) is 44.1 Å². The van der Waals surface area contributed by atoms with Crippen LogP contribution in [-0.2, 0) is 5.41 Å².